The van der Waals surface area contributed by atoms with E-state index in [0.717, 1.165) is 19.3 Å². The molecule has 0 aliphatic heterocycles. The van der Waals surface area contributed by atoms with Crippen molar-refractivity contribution in [2.75, 3.05) is 6.61 Å². The molecule has 21 heavy (non-hydrogen) atoms. The molecule has 0 fully saturated rings. The topological polar surface area (TPSA) is 77.4 Å². The monoisotopic (exact) mass is 330 g/mol. The molecule has 0 aromatic carbocycles. The van der Waals surface area contributed by atoms with Crippen molar-refractivity contribution in [2.24, 2.45) is 0 Å². The molecular weight excluding hydrogens is 299 g/mol. The van der Waals surface area contributed by atoms with Crippen molar-refractivity contribution < 1.29 is 47.6 Å². The number of hydrogen-bond donors (Lipinski definition) is 1. The molecule has 0 radical (unpaired) electrons. The van der Waals surface area contributed by atoms with E-state index in [9.17, 15) is 13.0 Å². The van der Waals surface area contributed by atoms with Crippen molar-refractivity contribution in [2.45, 2.75) is 89.2 Å². The summed E-state index contributed by atoms with van der Waals surface area (Å²) >= 11 is 0. The first kappa shape index (κ1) is 24.1. The summed E-state index contributed by atoms with van der Waals surface area (Å²) in [7, 11) is -4.25. The molecule has 0 aromatic heterocycles. The Kier molecular flexibility index (Phi) is 18.1. The predicted octanol–water partition coefficient (Wildman–Crippen LogP) is 0.598. The van der Waals surface area contributed by atoms with E-state index >= 15 is 0 Å². The molecule has 0 saturated heterocycles. The van der Waals surface area contributed by atoms with Crippen LogP contribution >= 0.6 is 0 Å². The average Bonchev–Trinajstić information content (AvgIpc) is 2.38. The molecule has 4 nitrogen and oxygen atoms in total. The van der Waals surface area contributed by atoms with Gasteiger partial charge in [0.15, 0.2) is 0 Å². The minimum atomic E-state index is -4.25. The molecule has 0 saturated carbocycles. The first-order chi connectivity index (χ1) is 9.52. The molecule has 122 valence electrons. The van der Waals surface area contributed by atoms with Crippen LogP contribution in [0.25, 0.3) is 0 Å². The summed E-state index contributed by atoms with van der Waals surface area (Å²) in [5.41, 5.74) is 0. The second-order valence-corrected chi connectivity index (χ2v) is 7.25. The molecule has 0 aliphatic rings. The Bertz CT molecular complexity index is 307. The van der Waals surface area contributed by atoms with Crippen LogP contribution in [0.1, 0.15) is 84.0 Å². The number of hydrogen-bond acceptors (Lipinski definition) is 4. The van der Waals surface area contributed by atoms with Gasteiger partial charge in [-0.25, -0.2) is 8.42 Å². The summed E-state index contributed by atoms with van der Waals surface area (Å²) in [4.78, 5) is 0. The number of aliphatic hydroxyl groups excluding tert-OH is 1. The molecule has 1 N–H and O–H groups in total. The van der Waals surface area contributed by atoms with Gasteiger partial charge in [0, 0.05) is 6.61 Å². The Balaban J connectivity index is 0. The van der Waals surface area contributed by atoms with E-state index in [1.165, 1.54) is 44.9 Å². The van der Waals surface area contributed by atoms with Gasteiger partial charge in [-0.1, -0.05) is 71.1 Å². The Hall–Kier alpha value is 0.870. The quantitative estimate of drug-likeness (QED) is 0.287. The minimum Gasteiger partial charge on any atom is -0.748 e. The van der Waals surface area contributed by atoms with Crippen molar-refractivity contribution in [3.63, 3.8) is 0 Å². The van der Waals surface area contributed by atoms with E-state index in [0.29, 0.717) is 6.42 Å². The maximum atomic E-state index is 10.9. The molecule has 0 aliphatic carbocycles. The van der Waals surface area contributed by atoms with Gasteiger partial charge in [-0.3, -0.25) is 0 Å². The first-order valence-corrected chi connectivity index (χ1v) is 9.55. The van der Waals surface area contributed by atoms with E-state index in [4.69, 9.17) is 5.11 Å². The summed E-state index contributed by atoms with van der Waals surface area (Å²) in [6.45, 7) is 1.98. The third-order valence-electron chi connectivity index (χ3n) is 3.74. The fraction of sp³-hybridized carbons (Fsp3) is 1.00. The third-order valence-corrected chi connectivity index (χ3v) is 5.03. The van der Waals surface area contributed by atoms with Crippen molar-refractivity contribution in [3.05, 3.63) is 0 Å². The van der Waals surface area contributed by atoms with Gasteiger partial charge in [0.2, 0.25) is 0 Å². The first-order valence-electron chi connectivity index (χ1n) is 8.08. The average molecular weight is 330 g/mol. The van der Waals surface area contributed by atoms with Gasteiger partial charge in [-0.15, -0.1) is 0 Å². The fourth-order valence-corrected chi connectivity index (χ4v) is 3.29. The van der Waals surface area contributed by atoms with Gasteiger partial charge in [0.1, 0.15) is 0 Å². The second kappa shape index (κ2) is 15.8. The number of rotatable bonds is 14. The summed E-state index contributed by atoms with van der Waals surface area (Å²) in [5.74, 6) is 0. The van der Waals surface area contributed by atoms with Crippen molar-refractivity contribution in [1.29, 1.82) is 0 Å². The standard InChI is InChI=1S/C15H32O4S.Na/c1-2-3-4-5-6-7-8-9-10-11-12-15(13-14-16)20(17,18)19;/h15-16H,2-14H2,1H3,(H,17,18,19);/q;+1/p-1. The number of aliphatic hydroxyl groups is 1. The van der Waals surface area contributed by atoms with Gasteiger partial charge in [0.25, 0.3) is 0 Å². The SMILES string of the molecule is CCCCCCCCCCCCC(CCO)S(=O)(=O)[O-].[Na+]. The third kappa shape index (κ3) is 15.5. The van der Waals surface area contributed by atoms with Crippen LogP contribution in [0.3, 0.4) is 0 Å². The van der Waals surface area contributed by atoms with Gasteiger partial charge in [-0.05, 0) is 12.8 Å². The molecule has 0 spiro atoms. The van der Waals surface area contributed by atoms with Gasteiger partial charge >= 0.3 is 29.6 Å². The van der Waals surface area contributed by atoms with Crippen LogP contribution in [0.15, 0.2) is 0 Å². The molecule has 0 amide bonds. The van der Waals surface area contributed by atoms with Crippen LogP contribution in [0.4, 0.5) is 0 Å². The Labute approximate surface area is 153 Å². The zero-order valence-electron chi connectivity index (χ0n) is 13.8. The van der Waals surface area contributed by atoms with Crippen molar-refractivity contribution >= 4 is 10.1 Å². The summed E-state index contributed by atoms with van der Waals surface area (Å²) < 4.78 is 32.8. The van der Waals surface area contributed by atoms with Gasteiger partial charge < -0.3 is 9.66 Å². The zero-order valence-corrected chi connectivity index (χ0v) is 16.7. The van der Waals surface area contributed by atoms with Gasteiger partial charge in [-0.2, -0.15) is 0 Å². The van der Waals surface area contributed by atoms with E-state index in [1.807, 2.05) is 0 Å². The second-order valence-electron chi connectivity index (χ2n) is 5.60. The maximum absolute atomic E-state index is 10.9. The normalized spacial score (nSPS) is 12.9. The summed E-state index contributed by atoms with van der Waals surface area (Å²) in [6.07, 6.45) is 12.3. The molecular formula is C15H31NaO4S. The maximum Gasteiger partial charge on any atom is 1.00 e. The zero-order chi connectivity index (χ0) is 15.3. The Morgan fingerprint density at radius 1 is 0.857 bits per heavy atom. The predicted molar refractivity (Wildman–Crippen MR) is 81.6 cm³/mol. The molecule has 6 heteroatoms. The molecule has 1 unspecified atom stereocenters. The summed E-state index contributed by atoms with van der Waals surface area (Å²) in [6, 6.07) is 0. The van der Waals surface area contributed by atoms with Crippen LogP contribution in [-0.2, 0) is 10.1 Å². The molecule has 0 heterocycles. The van der Waals surface area contributed by atoms with Crippen LogP contribution in [0.2, 0.25) is 0 Å². The largest absolute Gasteiger partial charge is 1.00 e. The minimum absolute atomic E-state index is 0. The molecule has 1 atom stereocenters. The van der Waals surface area contributed by atoms with Crippen molar-refractivity contribution in [3.8, 4) is 0 Å². The van der Waals surface area contributed by atoms with E-state index in [2.05, 4.69) is 6.92 Å². The van der Waals surface area contributed by atoms with Crippen LogP contribution in [0, 0.1) is 0 Å². The fourth-order valence-electron chi connectivity index (χ4n) is 2.44. The Morgan fingerprint density at radius 3 is 1.67 bits per heavy atom. The van der Waals surface area contributed by atoms with Gasteiger partial charge in [0.05, 0.1) is 15.4 Å². The van der Waals surface area contributed by atoms with Crippen LogP contribution < -0.4 is 29.6 Å². The van der Waals surface area contributed by atoms with E-state index < -0.39 is 15.4 Å². The van der Waals surface area contributed by atoms with Crippen LogP contribution in [0.5, 0.6) is 0 Å². The number of unbranched alkanes of at least 4 members (excludes halogenated alkanes) is 9. The van der Waals surface area contributed by atoms with E-state index in [-0.39, 0.29) is 42.6 Å². The van der Waals surface area contributed by atoms with Crippen molar-refractivity contribution in [1.82, 2.24) is 0 Å². The summed E-state index contributed by atoms with van der Waals surface area (Å²) in [5, 5.41) is 7.86. The molecule has 0 rings (SSSR count). The smallest absolute Gasteiger partial charge is 0.748 e. The van der Waals surface area contributed by atoms with E-state index in [1.54, 1.807) is 0 Å². The Morgan fingerprint density at radius 2 is 1.29 bits per heavy atom. The molecule has 0 bridgehead atoms. The van der Waals surface area contributed by atoms with Crippen LogP contribution in [-0.4, -0.2) is 29.9 Å². The molecule has 0 aromatic rings.